The molecule has 0 amide bonds. The van der Waals surface area contributed by atoms with Crippen LogP contribution in [-0.4, -0.2) is 72.9 Å². The lowest BCUT2D eigenvalue weighted by Gasteiger charge is -2.35. The van der Waals surface area contributed by atoms with Crippen molar-refractivity contribution in [2.45, 2.75) is 26.1 Å². The molecule has 2 aromatic carbocycles. The second-order valence-corrected chi connectivity index (χ2v) is 8.27. The lowest BCUT2D eigenvalue weighted by molar-refractivity contribution is -0.0699. The summed E-state index contributed by atoms with van der Waals surface area (Å²) in [6.45, 7) is 7.33. The van der Waals surface area contributed by atoms with Crippen molar-refractivity contribution in [2.75, 3.05) is 40.5 Å². The maximum atomic E-state index is 10.7. The van der Waals surface area contributed by atoms with E-state index in [4.69, 9.17) is 18.9 Å². The minimum absolute atomic E-state index is 0.118. The average molecular weight is 454 g/mol. The van der Waals surface area contributed by atoms with Crippen LogP contribution in [0.25, 0.3) is 22.4 Å². The summed E-state index contributed by atoms with van der Waals surface area (Å²) >= 11 is 0. The number of aromatic nitrogens is 2. The second-order valence-electron chi connectivity index (χ2n) is 8.27. The Labute approximate surface area is 194 Å². The Balaban J connectivity index is 1.47. The average Bonchev–Trinajstić information content (AvgIpc) is 3.27. The van der Waals surface area contributed by atoms with Crippen molar-refractivity contribution >= 4 is 0 Å². The SMILES string of the molecule is COc1ccc(-c2cn[nH]c2-c2ccc(OCCN3C[C@@H](C)O[C@@H](C)C3)cc2O)cc1OC. The Morgan fingerprint density at radius 2 is 1.79 bits per heavy atom. The maximum Gasteiger partial charge on any atom is 0.161 e. The highest BCUT2D eigenvalue weighted by Crippen LogP contribution is 2.39. The molecule has 1 aliphatic heterocycles. The number of aromatic hydroxyl groups is 1. The normalized spacial score (nSPS) is 18.8. The van der Waals surface area contributed by atoms with Crippen molar-refractivity contribution in [3.8, 4) is 45.4 Å². The van der Waals surface area contributed by atoms with E-state index >= 15 is 0 Å². The molecule has 1 saturated heterocycles. The van der Waals surface area contributed by atoms with Crippen molar-refractivity contribution in [2.24, 2.45) is 0 Å². The van der Waals surface area contributed by atoms with Gasteiger partial charge in [0.2, 0.25) is 0 Å². The lowest BCUT2D eigenvalue weighted by Crippen LogP contribution is -2.46. The highest BCUT2D eigenvalue weighted by molar-refractivity contribution is 5.84. The number of methoxy groups -OCH3 is 2. The molecule has 0 unspecified atom stereocenters. The molecule has 1 aliphatic rings. The summed E-state index contributed by atoms with van der Waals surface area (Å²) in [6, 6.07) is 11.0. The van der Waals surface area contributed by atoms with E-state index in [0.717, 1.165) is 30.8 Å². The zero-order valence-corrected chi connectivity index (χ0v) is 19.5. The summed E-state index contributed by atoms with van der Waals surface area (Å²) in [5.74, 6) is 2.01. The molecule has 176 valence electrons. The first-order valence-corrected chi connectivity index (χ1v) is 11.1. The van der Waals surface area contributed by atoms with Crippen LogP contribution in [0.15, 0.2) is 42.6 Å². The van der Waals surface area contributed by atoms with Crippen LogP contribution >= 0.6 is 0 Å². The minimum Gasteiger partial charge on any atom is -0.507 e. The van der Waals surface area contributed by atoms with Gasteiger partial charge in [-0.1, -0.05) is 6.07 Å². The van der Waals surface area contributed by atoms with Gasteiger partial charge in [-0.2, -0.15) is 5.10 Å². The number of morpholine rings is 1. The van der Waals surface area contributed by atoms with Gasteiger partial charge in [0.05, 0.1) is 38.3 Å². The first-order chi connectivity index (χ1) is 16.0. The fourth-order valence-corrected chi connectivity index (χ4v) is 4.29. The van der Waals surface area contributed by atoms with Gasteiger partial charge >= 0.3 is 0 Å². The Hall–Kier alpha value is -3.23. The number of hydrogen-bond donors (Lipinski definition) is 2. The number of phenolic OH excluding ortho intramolecular Hbond substituents is 1. The molecule has 0 bridgehead atoms. The van der Waals surface area contributed by atoms with Crippen LogP contribution < -0.4 is 14.2 Å². The Bertz CT molecular complexity index is 1070. The predicted molar refractivity (Wildman–Crippen MR) is 126 cm³/mol. The van der Waals surface area contributed by atoms with Gasteiger partial charge < -0.3 is 24.1 Å². The number of phenols is 1. The number of nitrogens with one attached hydrogen (secondary N) is 1. The third kappa shape index (κ3) is 5.23. The fourth-order valence-electron chi connectivity index (χ4n) is 4.29. The van der Waals surface area contributed by atoms with Gasteiger partial charge in [-0.05, 0) is 43.7 Å². The predicted octanol–water partition coefficient (Wildman–Crippen LogP) is 3.95. The highest BCUT2D eigenvalue weighted by atomic mass is 16.5. The van der Waals surface area contributed by atoms with Crippen LogP contribution in [0, 0.1) is 0 Å². The molecule has 8 nitrogen and oxygen atoms in total. The minimum atomic E-state index is 0.118. The molecule has 0 radical (unpaired) electrons. The maximum absolute atomic E-state index is 10.7. The number of hydrogen-bond acceptors (Lipinski definition) is 7. The molecule has 1 aromatic heterocycles. The van der Waals surface area contributed by atoms with E-state index in [-0.39, 0.29) is 18.0 Å². The monoisotopic (exact) mass is 453 g/mol. The molecular formula is C25H31N3O5. The Morgan fingerprint density at radius 3 is 2.48 bits per heavy atom. The molecule has 33 heavy (non-hydrogen) atoms. The zero-order valence-electron chi connectivity index (χ0n) is 19.5. The van der Waals surface area contributed by atoms with Gasteiger partial charge in [-0.15, -0.1) is 0 Å². The van der Waals surface area contributed by atoms with E-state index in [0.29, 0.717) is 35.1 Å². The number of nitrogens with zero attached hydrogens (tertiary/aromatic N) is 2. The molecule has 0 aliphatic carbocycles. The summed E-state index contributed by atoms with van der Waals surface area (Å²) in [4.78, 5) is 2.34. The number of benzene rings is 2. The third-order valence-electron chi connectivity index (χ3n) is 5.74. The van der Waals surface area contributed by atoms with Crippen molar-refractivity contribution in [1.82, 2.24) is 15.1 Å². The van der Waals surface area contributed by atoms with E-state index in [2.05, 4.69) is 28.9 Å². The molecule has 8 heteroatoms. The van der Waals surface area contributed by atoms with Gasteiger partial charge in [-0.3, -0.25) is 10.00 Å². The number of ether oxygens (including phenoxy) is 4. The van der Waals surface area contributed by atoms with Crippen LogP contribution in [-0.2, 0) is 4.74 Å². The molecule has 3 aromatic rings. The third-order valence-corrected chi connectivity index (χ3v) is 5.74. The smallest absolute Gasteiger partial charge is 0.161 e. The van der Waals surface area contributed by atoms with Gasteiger partial charge in [0.25, 0.3) is 0 Å². The van der Waals surface area contributed by atoms with Gasteiger partial charge in [-0.25, -0.2) is 0 Å². The van der Waals surface area contributed by atoms with E-state index in [9.17, 15) is 5.11 Å². The van der Waals surface area contributed by atoms with Crippen molar-refractivity contribution in [3.05, 3.63) is 42.6 Å². The largest absolute Gasteiger partial charge is 0.507 e. The van der Waals surface area contributed by atoms with Crippen molar-refractivity contribution in [3.63, 3.8) is 0 Å². The fraction of sp³-hybridized carbons (Fsp3) is 0.400. The Morgan fingerprint density at radius 1 is 1.03 bits per heavy atom. The molecule has 2 atom stereocenters. The van der Waals surface area contributed by atoms with Crippen LogP contribution in [0.4, 0.5) is 0 Å². The van der Waals surface area contributed by atoms with Crippen LogP contribution in [0.2, 0.25) is 0 Å². The molecule has 1 fully saturated rings. The standard InChI is InChI=1S/C25H31N3O5/c1-16-14-28(15-17(2)33-16)9-10-32-19-6-7-20(22(29)12-19)25-21(13-26-27-25)18-5-8-23(30-3)24(11-18)31-4/h5-8,11-13,16-17,29H,9-10,14-15H2,1-4H3,(H,26,27)/t16-,17+. The topological polar surface area (TPSA) is 89.1 Å². The second kappa shape index (κ2) is 10.1. The van der Waals surface area contributed by atoms with Crippen molar-refractivity contribution in [1.29, 1.82) is 0 Å². The number of H-pyrrole nitrogens is 1. The number of aromatic amines is 1. The summed E-state index contributed by atoms with van der Waals surface area (Å²) in [6.07, 6.45) is 2.18. The molecule has 2 heterocycles. The molecule has 0 saturated carbocycles. The summed E-state index contributed by atoms with van der Waals surface area (Å²) < 4.78 is 22.4. The number of rotatable bonds is 8. The quantitative estimate of drug-likeness (QED) is 0.534. The summed E-state index contributed by atoms with van der Waals surface area (Å²) in [5.41, 5.74) is 3.09. The van der Waals surface area contributed by atoms with E-state index in [1.54, 1.807) is 26.5 Å². The molecule has 2 N–H and O–H groups in total. The first kappa shape index (κ1) is 22.9. The first-order valence-electron chi connectivity index (χ1n) is 11.1. The molecule has 4 rings (SSSR count). The molecular weight excluding hydrogens is 422 g/mol. The van der Waals surface area contributed by atoms with E-state index in [1.807, 2.05) is 30.3 Å². The van der Waals surface area contributed by atoms with Crippen LogP contribution in [0.1, 0.15) is 13.8 Å². The zero-order chi connectivity index (χ0) is 23.4. The lowest BCUT2D eigenvalue weighted by atomic mass is 10.0. The summed E-state index contributed by atoms with van der Waals surface area (Å²) in [7, 11) is 3.20. The van der Waals surface area contributed by atoms with Crippen LogP contribution in [0.5, 0.6) is 23.0 Å². The van der Waals surface area contributed by atoms with Crippen molar-refractivity contribution < 1.29 is 24.1 Å². The van der Waals surface area contributed by atoms with E-state index in [1.165, 1.54) is 0 Å². The molecule has 0 spiro atoms. The highest BCUT2D eigenvalue weighted by Gasteiger charge is 2.22. The van der Waals surface area contributed by atoms with Gasteiger partial charge in [0.1, 0.15) is 18.1 Å². The summed E-state index contributed by atoms with van der Waals surface area (Å²) in [5, 5.41) is 17.9. The Kier molecular flexibility index (Phi) is 7.05. The van der Waals surface area contributed by atoms with E-state index < -0.39 is 0 Å². The van der Waals surface area contributed by atoms with Crippen LogP contribution in [0.3, 0.4) is 0 Å². The van der Waals surface area contributed by atoms with Gasteiger partial charge in [0, 0.05) is 36.8 Å². The van der Waals surface area contributed by atoms with Gasteiger partial charge in [0.15, 0.2) is 11.5 Å².